The maximum Gasteiger partial charge on any atom is 0.319 e. The molecule has 2 aromatic rings. The molecule has 0 spiro atoms. The predicted octanol–water partition coefficient (Wildman–Crippen LogP) is 1.05. The molecule has 0 radical (unpaired) electrons. The van der Waals surface area contributed by atoms with Crippen molar-refractivity contribution in [2.45, 2.75) is 26.2 Å². The number of fused-ring (bicyclic) bond motifs is 1. The van der Waals surface area contributed by atoms with E-state index < -0.39 is 0 Å². The normalized spacial score (nSPS) is 13.4. The molecule has 3 heterocycles. The summed E-state index contributed by atoms with van der Waals surface area (Å²) >= 11 is 0. The zero-order chi connectivity index (χ0) is 18.7. The standard InChI is InChI=1S/C17H23N5O4/c1-20(2)17(24)21-6-7-22-13(10-21)8-12(19-22)9-18-16(23)15-5-4-14(26-15)11-25-3/h4-5,8H,6-7,9-11H2,1-3H3,(H,18,23). The van der Waals surface area contributed by atoms with Crippen molar-refractivity contribution in [3.05, 3.63) is 41.1 Å². The molecule has 0 aliphatic carbocycles. The van der Waals surface area contributed by atoms with Gasteiger partial charge in [0.1, 0.15) is 12.4 Å². The quantitative estimate of drug-likeness (QED) is 0.859. The number of furan rings is 1. The predicted molar refractivity (Wildman–Crippen MR) is 92.3 cm³/mol. The molecule has 1 aliphatic heterocycles. The molecule has 1 aliphatic rings. The molecule has 9 nitrogen and oxygen atoms in total. The van der Waals surface area contributed by atoms with Gasteiger partial charge in [0.15, 0.2) is 5.76 Å². The molecule has 0 atom stereocenters. The van der Waals surface area contributed by atoms with E-state index in [4.69, 9.17) is 9.15 Å². The molecule has 2 aromatic heterocycles. The maximum absolute atomic E-state index is 12.2. The Balaban J connectivity index is 1.58. The van der Waals surface area contributed by atoms with Gasteiger partial charge in [0.2, 0.25) is 0 Å². The lowest BCUT2D eigenvalue weighted by Crippen LogP contribution is -2.43. The molecule has 9 heteroatoms. The number of amides is 3. The summed E-state index contributed by atoms with van der Waals surface area (Å²) in [4.78, 5) is 27.6. The molecule has 0 saturated heterocycles. The average Bonchev–Trinajstić information content (AvgIpc) is 3.25. The summed E-state index contributed by atoms with van der Waals surface area (Å²) in [6.45, 7) is 2.38. The third kappa shape index (κ3) is 3.88. The zero-order valence-electron chi connectivity index (χ0n) is 15.2. The lowest BCUT2D eigenvalue weighted by molar-refractivity contribution is 0.0913. The number of urea groups is 1. The van der Waals surface area contributed by atoms with Gasteiger partial charge in [-0.1, -0.05) is 0 Å². The molecule has 3 rings (SSSR count). The Morgan fingerprint density at radius 1 is 1.35 bits per heavy atom. The van der Waals surface area contributed by atoms with Crippen molar-refractivity contribution in [1.29, 1.82) is 0 Å². The molecule has 0 aromatic carbocycles. The number of hydrogen-bond donors (Lipinski definition) is 1. The first-order valence-corrected chi connectivity index (χ1v) is 8.35. The summed E-state index contributed by atoms with van der Waals surface area (Å²) in [5, 5.41) is 7.28. The van der Waals surface area contributed by atoms with E-state index in [9.17, 15) is 9.59 Å². The largest absolute Gasteiger partial charge is 0.453 e. The Kier molecular flexibility index (Phi) is 5.27. The highest BCUT2D eigenvalue weighted by Gasteiger charge is 2.23. The van der Waals surface area contributed by atoms with Crippen molar-refractivity contribution >= 4 is 11.9 Å². The van der Waals surface area contributed by atoms with Gasteiger partial charge in [-0.05, 0) is 18.2 Å². The first kappa shape index (κ1) is 18.0. The van der Waals surface area contributed by atoms with Crippen LogP contribution in [0.1, 0.15) is 27.7 Å². The average molecular weight is 361 g/mol. The third-order valence-corrected chi connectivity index (χ3v) is 4.10. The second-order valence-electron chi connectivity index (χ2n) is 6.33. The van der Waals surface area contributed by atoms with Gasteiger partial charge in [0.25, 0.3) is 5.91 Å². The molecule has 0 fully saturated rings. The van der Waals surface area contributed by atoms with Crippen LogP contribution in [0, 0.1) is 0 Å². The Labute approximate surface area is 151 Å². The van der Waals surface area contributed by atoms with Gasteiger partial charge < -0.3 is 24.3 Å². The second-order valence-corrected chi connectivity index (χ2v) is 6.33. The van der Waals surface area contributed by atoms with Crippen molar-refractivity contribution < 1.29 is 18.7 Å². The summed E-state index contributed by atoms with van der Waals surface area (Å²) in [7, 11) is 5.04. The summed E-state index contributed by atoms with van der Waals surface area (Å²) in [5.41, 5.74) is 1.70. The topological polar surface area (TPSA) is 92.8 Å². The van der Waals surface area contributed by atoms with Gasteiger partial charge in [0, 0.05) is 27.7 Å². The Morgan fingerprint density at radius 3 is 2.88 bits per heavy atom. The van der Waals surface area contributed by atoms with Crippen LogP contribution in [0.5, 0.6) is 0 Å². The highest BCUT2D eigenvalue weighted by atomic mass is 16.5. The Bertz CT molecular complexity index is 795. The lowest BCUT2D eigenvalue weighted by atomic mass is 10.3. The summed E-state index contributed by atoms with van der Waals surface area (Å²) in [5.74, 6) is 0.535. The van der Waals surface area contributed by atoms with Crippen LogP contribution in [0.15, 0.2) is 22.6 Å². The van der Waals surface area contributed by atoms with Gasteiger partial charge in [-0.2, -0.15) is 5.10 Å². The van der Waals surface area contributed by atoms with Crippen molar-refractivity contribution in [1.82, 2.24) is 24.9 Å². The summed E-state index contributed by atoms with van der Waals surface area (Å²) in [6.07, 6.45) is 0. The lowest BCUT2D eigenvalue weighted by Gasteiger charge is -2.29. The van der Waals surface area contributed by atoms with Crippen molar-refractivity contribution in [2.24, 2.45) is 0 Å². The van der Waals surface area contributed by atoms with E-state index in [1.165, 1.54) is 0 Å². The van der Waals surface area contributed by atoms with Crippen LogP contribution in [-0.2, 0) is 31.0 Å². The smallest absolute Gasteiger partial charge is 0.319 e. The van der Waals surface area contributed by atoms with Crippen LogP contribution in [0.2, 0.25) is 0 Å². The fraction of sp³-hybridized carbons (Fsp3) is 0.471. The number of nitrogens with one attached hydrogen (secondary N) is 1. The number of aromatic nitrogens is 2. The van der Waals surface area contributed by atoms with Crippen LogP contribution in [-0.4, -0.2) is 59.3 Å². The van der Waals surface area contributed by atoms with Crippen LogP contribution >= 0.6 is 0 Å². The van der Waals surface area contributed by atoms with Crippen molar-refractivity contribution in [3.63, 3.8) is 0 Å². The minimum Gasteiger partial charge on any atom is -0.453 e. The fourth-order valence-corrected chi connectivity index (χ4v) is 2.84. The zero-order valence-corrected chi connectivity index (χ0v) is 15.2. The number of nitrogens with zero attached hydrogens (tertiary/aromatic N) is 4. The van der Waals surface area contributed by atoms with E-state index in [1.807, 2.05) is 10.7 Å². The molecule has 26 heavy (non-hydrogen) atoms. The SMILES string of the molecule is COCc1ccc(C(=O)NCc2cc3n(n2)CCN(C(=O)N(C)C)C3)o1. The monoisotopic (exact) mass is 361 g/mol. The first-order chi connectivity index (χ1) is 12.5. The van der Waals surface area contributed by atoms with Gasteiger partial charge >= 0.3 is 6.03 Å². The number of carbonyl (C=O) groups excluding carboxylic acids is 2. The van der Waals surface area contributed by atoms with E-state index in [0.29, 0.717) is 38.5 Å². The number of hydrogen-bond acceptors (Lipinski definition) is 5. The molecular weight excluding hydrogens is 338 g/mol. The van der Waals surface area contributed by atoms with E-state index in [1.54, 1.807) is 43.1 Å². The van der Waals surface area contributed by atoms with E-state index in [2.05, 4.69) is 10.4 Å². The summed E-state index contributed by atoms with van der Waals surface area (Å²) in [6, 6.07) is 5.22. The number of ether oxygens (including phenoxy) is 1. The maximum atomic E-state index is 12.2. The second kappa shape index (κ2) is 7.61. The van der Waals surface area contributed by atoms with Gasteiger partial charge in [0.05, 0.1) is 31.0 Å². The van der Waals surface area contributed by atoms with Crippen LogP contribution in [0.3, 0.4) is 0 Å². The minimum absolute atomic E-state index is 0.0167. The van der Waals surface area contributed by atoms with Crippen molar-refractivity contribution in [3.8, 4) is 0 Å². The molecule has 3 amide bonds. The molecule has 0 bridgehead atoms. The summed E-state index contributed by atoms with van der Waals surface area (Å²) < 4.78 is 12.3. The number of methoxy groups -OCH3 is 1. The molecule has 0 saturated carbocycles. The van der Waals surface area contributed by atoms with Crippen molar-refractivity contribution in [2.75, 3.05) is 27.7 Å². The van der Waals surface area contributed by atoms with Crippen LogP contribution in [0.4, 0.5) is 4.79 Å². The third-order valence-electron chi connectivity index (χ3n) is 4.10. The number of carbonyl (C=O) groups is 2. The van der Waals surface area contributed by atoms with E-state index >= 15 is 0 Å². The molecular formula is C17H23N5O4. The minimum atomic E-state index is -0.303. The van der Waals surface area contributed by atoms with Gasteiger partial charge in [-0.25, -0.2) is 4.79 Å². The van der Waals surface area contributed by atoms with Gasteiger partial charge in [-0.15, -0.1) is 0 Å². The molecule has 0 unspecified atom stereocenters. The van der Waals surface area contributed by atoms with Gasteiger partial charge in [-0.3, -0.25) is 9.48 Å². The molecule has 140 valence electrons. The Hall–Kier alpha value is -2.81. The fourth-order valence-electron chi connectivity index (χ4n) is 2.84. The number of rotatable bonds is 5. The molecule has 1 N–H and O–H groups in total. The van der Waals surface area contributed by atoms with E-state index in [-0.39, 0.29) is 17.7 Å². The highest BCUT2D eigenvalue weighted by Crippen LogP contribution is 2.15. The van der Waals surface area contributed by atoms with Crippen LogP contribution in [0.25, 0.3) is 0 Å². The van der Waals surface area contributed by atoms with Crippen LogP contribution < -0.4 is 5.32 Å². The first-order valence-electron chi connectivity index (χ1n) is 8.35. The van der Waals surface area contributed by atoms with E-state index in [0.717, 1.165) is 11.4 Å². The highest BCUT2D eigenvalue weighted by molar-refractivity contribution is 5.91. The Morgan fingerprint density at radius 2 is 2.15 bits per heavy atom.